The second kappa shape index (κ2) is 9.03. The van der Waals surface area contributed by atoms with Gasteiger partial charge in [0, 0.05) is 29.2 Å². The summed E-state index contributed by atoms with van der Waals surface area (Å²) in [6, 6.07) is 28.9. The summed E-state index contributed by atoms with van der Waals surface area (Å²) in [5.41, 5.74) is 2.86. The Hall–Kier alpha value is -4.91. The van der Waals surface area contributed by atoms with Crippen LogP contribution in [0.5, 0.6) is 5.75 Å². The molecule has 1 aliphatic heterocycles. The van der Waals surface area contributed by atoms with E-state index >= 15 is 0 Å². The van der Waals surface area contributed by atoms with Gasteiger partial charge in [0.2, 0.25) is 11.8 Å². The van der Waals surface area contributed by atoms with Gasteiger partial charge in [-0.1, -0.05) is 48.5 Å². The zero-order chi connectivity index (χ0) is 24.5. The van der Waals surface area contributed by atoms with E-state index < -0.39 is 0 Å². The topological polar surface area (TPSA) is 76.5 Å². The van der Waals surface area contributed by atoms with Crippen molar-refractivity contribution in [1.82, 2.24) is 9.55 Å². The molecule has 0 radical (unpaired) electrons. The van der Waals surface area contributed by atoms with Crippen molar-refractivity contribution in [2.45, 2.75) is 13.0 Å². The number of imidazole rings is 1. The maximum atomic E-state index is 13.1. The molecular weight excluding hydrogens is 452 g/mol. The van der Waals surface area contributed by atoms with Crippen molar-refractivity contribution in [3.8, 4) is 11.4 Å². The first kappa shape index (κ1) is 21.6. The summed E-state index contributed by atoms with van der Waals surface area (Å²) in [5, 5.41) is 4.82. The van der Waals surface area contributed by atoms with E-state index in [1.165, 1.54) is 0 Å². The van der Waals surface area contributed by atoms with E-state index in [0.29, 0.717) is 23.7 Å². The molecule has 0 saturated carbocycles. The number of anilines is 3. The number of amides is 2. The van der Waals surface area contributed by atoms with Crippen LogP contribution in [0.2, 0.25) is 0 Å². The quantitative estimate of drug-likeness (QED) is 0.336. The van der Waals surface area contributed by atoms with Gasteiger partial charge in [-0.2, -0.15) is 0 Å². The predicted molar refractivity (Wildman–Crippen MR) is 139 cm³/mol. The SMILES string of the molecule is O=C1CC(=O)N(c2ccc(-n3ccnc3COc3ccccc3)cc2)c2ccc3ccccc3c2N1. The van der Waals surface area contributed by atoms with E-state index in [4.69, 9.17) is 4.74 Å². The number of nitrogens with zero attached hydrogens (tertiary/aromatic N) is 3. The van der Waals surface area contributed by atoms with E-state index in [9.17, 15) is 9.59 Å². The van der Waals surface area contributed by atoms with Crippen molar-refractivity contribution in [3.63, 3.8) is 0 Å². The molecule has 7 nitrogen and oxygen atoms in total. The van der Waals surface area contributed by atoms with Crippen molar-refractivity contribution in [2.75, 3.05) is 10.2 Å². The molecule has 0 fully saturated rings. The number of hydrogen-bond donors (Lipinski definition) is 1. The van der Waals surface area contributed by atoms with Crippen LogP contribution < -0.4 is 15.0 Å². The van der Waals surface area contributed by atoms with Gasteiger partial charge in [0.05, 0.1) is 11.4 Å². The molecule has 0 atom stereocenters. The zero-order valence-electron chi connectivity index (χ0n) is 19.3. The van der Waals surface area contributed by atoms with Crippen LogP contribution in [-0.4, -0.2) is 21.4 Å². The van der Waals surface area contributed by atoms with Gasteiger partial charge in [0.15, 0.2) is 5.82 Å². The lowest BCUT2D eigenvalue weighted by Gasteiger charge is -2.23. The first-order chi connectivity index (χ1) is 17.7. The summed E-state index contributed by atoms with van der Waals surface area (Å²) in [6.45, 7) is 0.317. The number of ether oxygens (including phenoxy) is 1. The highest BCUT2D eigenvalue weighted by molar-refractivity contribution is 6.21. The minimum Gasteiger partial charge on any atom is -0.486 e. The van der Waals surface area contributed by atoms with Crippen LogP contribution in [0.1, 0.15) is 12.2 Å². The Morgan fingerprint density at radius 2 is 1.58 bits per heavy atom. The van der Waals surface area contributed by atoms with E-state index in [-0.39, 0.29) is 18.2 Å². The Balaban J connectivity index is 1.33. The van der Waals surface area contributed by atoms with Crippen LogP contribution >= 0.6 is 0 Å². The molecule has 0 aliphatic carbocycles. The molecule has 1 aromatic heterocycles. The second-order valence-corrected chi connectivity index (χ2v) is 8.47. The van der Waals surface area contributed by atoms with Crippen LogP contribution in [0.25, 0.3) is 16.5 Å². The van der Waals surface area contributed by atoms with Crippen LogP contribution in [-0.2, 0) is 16.2 Å². The molecule has 176 valence electrons. The lowest BCUT2D eigenvalue weighted by Crippen LogP contribution is -2.26. The lowest BCUT2D eigenvalue weighted by atomic mass is 10.1. The second-order valence-electron chi connectivity index (χ2n) is 8.47. The van der Waals surface area contributed by atoms with E-state index in [1.807, 2.05) is 102 Å². The highest BCUT2D eigenvalue weighted by Gasteiger charge is 2.28. The molecule has 36 heavy (non-hydrogen) atoms. The Morgan fingerprint density at radius 1 is 0.833 bits per heavy atom. The molecule has 6 rings (SSSR count). The normalized spacial score (nSPS) is 13.3. The van der Waals surface area contributed by atoms with Crippen LogP contribution in [0.15, 0.2) is 103 Å². The molecule has 0 unspecified atom stereocenters. The minimum absolute atomic E-state index is 0.229. The number of hydrogen-bond acceptors (Lipinski definition) is 4. The average molecular weight is 475 g/mol. The van der Waals surface area contributed by atoms with E-state index in [2.05, 4.69) is 10.3 Å². The summed E-state index contributed by atoms with van der Waals surface area (Å²) in [5.74, 6) is 0.924. The van der Waals surface area contributed by atoms with Crippen molar-refractivity contribution in [2.24, 2.45) is 0 Å². The molecule has 7 heteroatoms. The molecule has 2 heterocycles. The molecule has 0 bridgehead atoms. The van der Waals surface area contributed by atoms with Crippen molar-refractivity contribution in [1.29, 1.82) is 0 Å². The Kier molecular flexibility index (Phi) is 5.42. The summed E-state index contributed by atoms with van der Waals surface area (Å²) in [6.07, 6.45) is 3.38. The summed E-state index contributed by atoms with van der Waals surface area (Å²) < 4.78 is 7.82. The number of rotatable bonds is 5. The van der Waals surface area contributed by atoms with Gasteiger partial charge in [-0.05, 0) is 47.9 Å². The number of aromatic nitrogens is 2. The fourth-order valence-electron chi connectivity index (χ4n) is 4.50. The van der Waals surface area contributed by atoms with Crippen molar-refractivity contribution in [3.05, 3.63) is 109 Å². The van der Waals surface area contributed by atoms with Crippen molar-refractivity contribution >= 4 is 39.6 Å². The largest absolute Gasteiger partial charge is 0.486 e. The molecule has 0 saturated heterocycles. The molecule has 5 aromatic rings. The van der Waals surface area contributed by atoms with Gasteiger partial charge in [0.1, 0.15) is 18.8 Å². The standard InChI is InChI=1S/C29H22N4O3/c34-27-18-28(35)33(25-15-10-20-6-4-5-9-24(20)29(25)31-27)22-13-11-21(12-14-22)32-17-16-30-26(32)19-36-23-7-2-1-3-8-23/h1-17H,18-19H2,(H,31,34). The minimum atomic E-state index is -0.321. The first-order valence-electron chi connectivity index (χ1n) is 11.6. The number of carbonyl (C=O) groups excluding carboxylic acids is 2. The lowest BCUT2D eigenvalue weighted by molar-refractivity contribution is -0.124. The van der Waals surface area contributed by atoms with Crippen LogP contribution in [0.3, 0.4) is 0 Å². The smallest absolute Gasteiger partial charge is 0.241 e. The van der Waals surface area contributed by atoms with E-state index in [0.717, 1.165) is 28.0 Å². The van der Waals surface area contributed by atoms with Crippen LogP contribution in [0, 0.1) is 0 Å². The summed E-state index contributed by atoms with van der Waals surface area (Å²) >= 11 is 0. The van der Waals surface area contributed by atoms with Gasteiger partial charge in [-0.3, -0.25) is 14.5 Å². The highest BCUT2D eigenvalue weighted by Crippen LogP contribution is 2.40. The zero-order valence-corrected chi connectivity index (χ0v) is 19.3. The van der Waals surface area contributed by atoms with Gasteiger partial charge < -0.3 is 14.6 Å². The summed E-state index contributed by atoms with van der Waals surface area (Å²) in [7, 11) is 0. The highest BCUT2D eigenvalue weighted by atomic mass is 16.5. The number of para-hydroxylation sites is 1. The fourth-order valence-corrected chi connectivity index (χ4v) is 4.50. The predicted octanol–water partition coefficient (Wildman–Crippen LogP) is 5.61. The first-order valence-corrected chi connectivity index (χ1v) is 11.6. The van der Waals surface area contributed by atoms with Gasteiger partial charge in [-0.15, -0.1) is 0 Å². The number of carbonyl (C=O) groups is 2. The Labute approximate surface area is 207 Å². The molecule has 0 spiro atoms. The number of fused-ring (bicyclic) bond motifs is 3. The number of nitrogens with one attached hydrogen (secondary N) is 1. The fraction of sp³-hybridized carbons (Fsp3) is 0.0690. The average Bonchev–Trinajstić information content (AvgIpc) is 3.33. The molecule has 2 amide bonds. The van der Waals surface area contributed by atoms with E-state index in [1.54, 1.807) is 11.1 Å². The maximum Gasteiger partial charge on any atom is 0.241 e. The third-order valence-corrected chi connectivity index (χ3v) is 6.19. The third-order valence-electron chi connectivity index (χ3n) is 6.19. The molecule has 1 N–H and O–H groups in total. The monoisotopic (exact) mass is 474 g/mol. The molecule has 4 aromatic carbocycles. The Bertz CT molecular complexity index is 1580. The van der Waals surface area contributed by atoms with Gasteiger partial charge in [-0.25, -0.2) is 4.98 Å². The molecule has 1 aliphatic rings. The summed E-state index contributed by atoms with van der Waals surface area (Å²) in [4.78, 5) is 31.7. The third kappa shape index (κ3) is 3.96. The maximum absolute atomic E-state index is 13.1. The Morgan fingerprint density at radius 3 is 2.42 bits per heavy atom. The van der Waals surface area contributed by atoms with Crippen LogP contribution in [0.4, 0.5) is 17.1 Å². The molecular formula is C29H22N4O3. The number of benzene rings is 4. The van der Waals surface area contributed by atoms with Gasteiger partial charge in [0.25, 0.3) is 0 Å². The van der Waals surface area contributed by atoms with Crippen molar-refractivity contribution < 1.29 is 14.3 Å². The van der Waals surface area contributed by atoms with Gasteiger partial charge >= 0.3 is 0 Å².